The molecule has 0 atom stereocenters. The molecule has 0 saturated heterocycles. The van der Waals surface area contributed by atoms with Gasteiger partial charge in [0.1, 0.15) is 0 Å². The second-order valence-corrected chi connectivity index (χ2v) is 2.98. The Bertz CT molecular complexity index is 516. The maximum absolute atomic E-state index is 11.4. The number of nitrogens with one attached hydrogen (secondary N) is 1. The van der Waals surface area contributed by atoms with Crippen LogP contribution in [-0.4, -0.2) is 15.0 Å². The second kappa shape index (κ2) is 2.65. The van der Waals surface area contributed by atoms with E-state index in [-0.39, 0.29) is 5.56 Å². The summed E-state index contributed by atoms with van der Waals surface area (Å²) in [6.45, 7) is 3.71. The number of rotatable bonds is 0. The fourth-order valence-electron chi connectivity index (χ4n) is 1.39. The lowest BCUT2D eigenvalue weighted by Crippen LogP contribution is -2.08. The molecule has 0 amide bonds. The Labute approximate surface area is 74.7 Å². The SMILES string of the molecule is Cc1cc2c(=O)[nH]cnc2c(C)n1. The van der Waals surface area contributed by atoms with E-state index in [9.17, 15) is 4.79 Å². The van der Waals surface area contributed by atoms with Gasteiger partial charge in [-0.15, -0.1) is 0 Å². The molecule has 66 valence electrons. The average Bonchev–Trinajstić information content (AvgIpc) is 2.07. The van der Waals surface area contributed by atoms with E-state index in [4.69, 9.17) is 0 Å². The topological polar surface area (TPSA) is 58.6 Å². The quantitative estimate of drug-likeness (QED) is 0.648. The van der Waals surface area contributed by atoms with Gasteiger partial charge in [0.25, 0.3) is 5.56 Å². The fraction of sp³-hybridized carbons (Fsp3) is 0.222. The van der Waals surface area contributed by atoms with Crippen LogP contribution >= 0.6 is 0 Å². The molecule has 0 saturated carbocycles. The number of aromatic nitrogens is 3. The summed E-state index contributed by atoms with van der Waals surface area (Å²) < 4.78 is 0. The van der Waals surface area contributed by atoms with Crippen LogP contribution in [0.1, 0.15) is 11.4 Å². The Kier molecular flexibility index (Phi) is 1.62. The molecule has 0 aliphatic heterocycles. The summed E-state index contributed by atoms with van der Waals surface area (Å²) in [6, 6.07) is 1.74. The van der Waals surface area contributed by atoms with E-state index in [1.54, 1.807) is 6.07 Å². The van der Waals surface area contributed by atoms with E-state index < -0.39 is 0 Å². The molecular formula is C9H9N3O. The van der Waals surface area contributed by atoms with Crippen LogP contribution in [0.2, 0.25) is 0 Å². The van der Waals surface area contributed by atoms with E-state index in [2.05, 4.69) is 15.0 Å². The van der Waals surface area contributed by atoms with Gasteiger partial charge in [0.05, 0.1) is 22.9 Å². The highest BCUT2D eigenvalue weighted by Gasteiger charge is 2.03. The summed E-state index contributed by atoms with van der Waals surface area (Å²) in [5, 5.41) is 0.604. The van der Waals surface area contributed by atoms with Crippen LogP contribution in [0.5, 0.6) is 0 Å². The van der Waals surface area contributed by atoms with Crippen LogP contribution < -0.4 is 5.56 Å². The van der Waals surface area contributed by atoms with E-state index >= 15 is 0 Å². The molecule has 4 heteroatoms. The van der Waals surface area contributed by atoms with Gasteiger partial charge in [0.15, 0.2) is 0 Å². The zero-order valence-corrected chi connectivity index (χ0v) is 7.46. The van der Waals surface area contributed by atoms with Gasteiger partial charge < -0.3 is 4.98 Å². The fourth-order valence-corrected chi connectivity index (χ4v) is 1.39. The zero-order chi connectivity index (χ0) is 9.42. The minimum atomic E-state index is -0.112. The first-order chi connectivity index (χ1) is 6.18. The highest BCUT2D eigenvalue weighted by Crippen LogP contribution is 2.10. The molecule has 0 aromatic carbocycles. The highest BCUT2D eigenvalue weighted by molar-refractivity contribution is 5.79. The number of H-pyrrole nitrogens is 1. The minimum Gasteiger partial charge on any atom is -0.313 e. The first-order valence-electron chi connectivity index (χ1n) is 4.00. The smallest absolute Gasteiger partial charge is 0.258 e. The largest absolute Gasteiger partial charge is 0.313 e. The van der Waals surface area contributed by atoms with E-state index in [1.165, 1.54) is 6.33 Å². The highest BCUT2D eigenvalue weighted by atomic mass is 16.1. The summed E-state index contributed by atoms with van der Waals surface area (Å²) in [5.41, 5.74) is 2.19. The van der Waals surface area contributed by atoms with Crippen LogP contribution in [-0.2, 0) is 0 Å². The van der Waals surface area contributed by atoms with Crippen LogP contribution in [0.4, 0.5) is 0 Å². The van der Waals surface area contributed by atoms with Gasteiger partial charge in [-0.2, -0.15) is 0 Å². The van der Waals surface area contributed by atoms with Gasteiger partial charge in [-0.1, -0.05) is 0 Å². The third kappa shape index (κ3) is 1.20. The summed E-state index contributed by atoms with van der Waals surface area (Å²) in [5.74, 6) is 0. The first kappa shape index (κ1) is 7.91. The van der Waals surface area contributed by atoms with Crippen molar-refractivity contribution in [1.82, 2.24) is 15.0 Å². The summed E-state index contributed by atoms with van der Waals surface area (Å²) in [4.78, 5) is 22.2. The Balaban J connectivity index is 3.03. The van der Waals surface area contributed by atoms with Crippen molar-refractivity contribution < 1.29 is 0 Å². The lowest BCUT2D eigenvalue weighted by Gasteiger charge is -2.00. The number of fused-ring (bicyclic) bond motifs is 1. The molecule has 0 spiro atoms. The molecule has 4 nitrogen and oxygen atoms in total. The molecular weight excluding hydrogens is 166 g/mol. The molecule has 2 aromatic rings. The molecule has 2 rings (SSSR count). The van der Waals surface area contributed by atoms with Gasteiger partial charge in [0.2, 0.25) is 0 Å². The first-order valence-corrected chi connectivity index (χ1v) is 4.00. The number of aromatic amines is 1. The Morgan fingerprint density at radius 1 is 1.38 bits per heavy atom. The van der Waals surface area contributed by atoms with Crippen molar-refractivity contribution in [2.24, 2.45) is 0 Å². The summed E-state index contributed by atoms with van der Waals surface area (Å²) in [7, 11) is 0. The minimum absolute atomic E-state index is 0.112. The molecule has 0 unspecified atom stereocenters. The standard InChI is InChI=1S/C9H9N3O/c1-5-3-7-8(6(2)12-5)10-4-11-9(7)13/h3-4H,1-2H3,(H,10,11,13). The summed E-state index contributed by atoms with van der Waals surface area (Å²) in [6.07, 6.45) is 1.40. The van der Waals surface area contributed by atoms with Crippen LogP contribution in [0, 0.1) is 13.8 Å². The molecule has 0 radical (unpaired) electrons. The van der Waals surface area contributed by atoms with Gasteiger partial charge >= 0.3 is 0 Å². The van der Waals surface area contributed by atoms with Gasteiger partial charge in [-0.25, -0.2) is 4.98 Å². The third-order valence-corrected chi connectivity index (χ3v) is 1.93. The lowest BCUT2D eigenvalue weighted by atomic mass is 10.2. The molecule has 1 N–H and O–H groups in total. The van der Waals surface area contributed by atoms with E-state index in [1.807, 2.05) is 13.8 Å². The van der Waals surface area contributed by atoms with E-state index in [0.717, 1.165) is 11.4 Å². The van der Waals surface area contributed by atoms with Crippen molar-refractivity contribution in [2.45, 2.75) is 13.8 Å². The maximum Gasteiger partial charge on any atom is 0.258 e. The lowest BCUT2D eigenvalue weighted by molar-refractivity contribution is 1.10. The van der Waals surface area contributed by atoms with Crippen LogP contribution in [0.25, 0.3) is 10.9 Å². The molecule has 2 aromatic heterocycles. The number of hydrogen-bond acceptors (Lipinski definition) is 3. The van der Waals surface area contributed by atoms with Crippen molar-refractivity contribution >= 4 is 10.9 Å². The van der Waals surface area contributed by atoms with Crippen molar-refractivity contribution in [3.8, 4) is 0 Å². The second-order valence-electron chi connectivity index (χ2n) is 2.98. The normalized spacial score (nSPS) is 10.6. The monoisotopic (exact) mass is 175 g/mol. The zero-order valence-electron chi connectivity index (χ0n) is 7.46. The van der Waals surface area contributed by atoms with Gasteiger partial charge in [0, 0.05) is 5.69 Å². The van der Waals surface area contributed by atoms with Crippen LogP contribution in [0.3, 0.4) is 0 Å². The molecule has 0 fully saturated rings. The van der Waals surface area contributed by atoms with Gasteiger partial charge in [-0.05, 0) is 19.9 Å². The van der Waals surface area contributed by atoms with Gasteiger partial charge in [-0.3, -0.25) is 9.78 Å². The van der Waals surface area contributed by atoms with Crippen molar-refractivity contribution in [3.63, 3.8) is 0 Å². The maximum atomic E-state index is 11.4. The third-order valence-electron chi connectivity index (χ3n) is 1.93. The molecule has 0 bridgehead atoms. The summed E-state index contributed by atoms with van der Waals surface area (Å²) >= 11 is 0. The molecule has 13 heavy (non-hydrogen) atoms. The number of hydrogen-bond donors (Lipinski definition) is 1. The van der Waals surface area contributed by atoms with Crippen molar-refractivity contribution in [1.29, 1.82) is 0 Å². The Morgan fingerprint density at radius 2 is 2.15 bits per heavy atom. The Morgan fingerprint density at radius 3 is 2.92 bits per heavy atom. The predicted molar refractivity (Wildman–Crippen MR) is 49.6 cm³/mol. The number of nitrogens with zero attached hydrogens (tertiary/aromatic N) is 2. The predicted octanol–water partition coefficient (Wildman–Crippen LogP) is 0.935. The number of aryl methyl sites for hydroxylation is 2. The molecule has 2 heterocycles. The van der Waals surface area contributed by atoms with Crippen molar-refractivity contribution in [3.05, 3.63) is 34.1 Å². The number of pyridine rings is 1. The molecule has 0 aliphatic carbocycles. The van der Waals surface area contributed by atoms with E-state index in [0.29, 0.717) is 10.9 Å². The van der Waals surface area contributed by atoms with Crippen molar-refractivity contribution in [2.75, 3.05) is 0 Å². The average molecular weight is 175 g/mol. The molecule has 0 aliphatic rings. The van der Waals surface area contributed by atoms with Crippen LogP contribution in [0.15, 0.2) is 17.2 Å². The Hall–Kier alpha value is -1.71.